The van der Waals surface area contributed by atoms with Crippen LogP contribution >= 0.6 is 0 Å². The lowest BCUT2D eigenvalue weighted by atomic mass is 9.86. The van der Waals surface area contributed by atoms with Crippen LogP contribution in [0.25, 0.3) is 0 Å². The van der Waals surface area contributed by atoms with E-state index >= 15 is 0 Å². The van der Waals surface area contributed by atoms with Crippen LogP contribution in [-0.2, 0) is 11.2 Å². The molecule has 0 radical (unpaired) electrons. The van der Waals surface area contributed by atoms with Gasteiger partial charge in [0, 0.05) is 38.2 Å². The summed E-state index contributed by atoms with van der Waals surface area (Å²) in [6.07, 6.45) is 4.50. The number of allylic oxidation sites excluding steroid dienone is 2. The molecule has 1 aromatic rings. The molecule has 90 valence electrons. The van der Waals surface area contributed by atoms with Gasteiger partial charge in [0.2, 0.25) is 0 Å². The van der Waals surface area contributed by atoms with Crippen molar-refractivity contribution in [3.05, 3.63) is 47.7 Å². The van der Waals surface area contributed by atoms with E-state index in [1.807, 2.05) is 26.2 Å². The molecular formula is C15H19NO. The van der Waals surface area contributed by atoms with Crippen molar-refractivity contribution >= 4 is 5.78 Å². The lowest BCUT2D eigenvalue weighted by Gasteiger charge is -2.29. The molecule has 2 rings (SSSR count). The Balaban J connectivity index is 2.15. The Morgan fingerprint density at radius 3 is 2.59 bits per heavy atom. The minimum Gasteiger partial charge on any atom is -0.381 e. The highest BCUT2D eigenvalue weighted by Crippen LogP contribution is 2.27. The van der Waals surface area contributed by atoms with Crippen molar-refractivity contribution in [1.82, 2.24) is 4.90 Å². The zero-order chi connectivity index (χ0) is 12.3. The van der Waals surface area contributed by atoms with Gasteiger partial charge in [0.05, 0.1) is 0 Å². The molecule has 1 aromatic carbocycles. The van der Waals surface area contributed by atoms with Gasteiger partial charge in [0.1, 0.15) is 0 Å². The summed E-state index contributed by atoms with van der Waals surface area (Å²) in [5, 5.41) is 0. The van der Waals surface area contributed by atoms with Crippen LogP contribution in [0.5, 0.6) is 0 Å². The Hall–Kier alpha value is -1.57. The summed E-state index contributed by atoms with van der Waals surface area (Å²) in [6, 6.07) is 10.5. The van der Waals surface area contributed by atoms with E-state index in [0.717, 1.165) is 12.8 Å². The molecule has 0 aliphatic heterocycles. The molecule has 0 fully saturated rings. The fraction of sp³-hybridized carbons (Fsp3) is 0.400. The Bertz CT molecular complexity index is 420. The summed E-state index contributed by atoms with van der Waals surface area (Å²) >= 11 is 0. The van der Waals surface area contributed by atoms with Crippen LogP contribution < -0.4 is 0 Å². The topological polar surface area (TPSA) is 20.3 Å². The predicted molar refractivity (Wildman–Crippen MR) is 69.6 cm³/mol. The molecule has 0 N–H and O–H groups in total. The highest BCUT2D eigenvalue weighted by Gasteiger charge is 2.22. The van der Waals surface area contributed by atoms with Crippen LogP contribution in [0.2, 0.25) is 0 Å². The third-order valence-corrected chi connectivity index (χ3v) is 3.31. The molecule has 0 heterocycles. The number of benzene rings is 1. The van der Waals surface area contributed by atoms with Gasteiger partial charge in [-0.15, -0.1) is 0 Å². The smallest absolute Gasteiger partial charge is 0.157 e. The first-order valence-electron chi connectivity index (χ1n) is 6.12. The van der Waals surface area contributed by atoms with Gasteiger partial charge in [-0.2, -0.15) is 0 Å². The van der Waals surface area contributed by atoms with Gasteiger partial charge in [0.25, 0.3) is 0 Å². The third kappa shape index (κ3) is 2.96. The lowest BCUT2D eigenvalue weighted by Crippen LogP contribution is -2.26. The average molecular weight is 229 g/mol. The van der Waals surface area contributed by atoms with Crippen molar-refractivity contribution in [2.24, 2.45) is 5.92 Å². The van der Waals surface area contributed by atoms with Crippen LogP contribution in [0.3, 0.4) is 0 Å². The van der Waals surface area contributed by atoms with Crippen molar-refractivity contribution in [2.75, 3.05) is 14.1 Å². The molecule has 2 nitrogen and oxygen atoms in total. The van der Waals surface area contributed by atoms with E-state index in [-0.39, 0.29) is 5.78 Å². The number of carbonyl (C=O) groups excluding carboxylic acids is 1. The summed E-state index contributed by atoms with van der Waals surface area (Å²) in [7, 11) is 4.03. The zero-order valence-electron chi connectivity index (χ0n) is 10.5. The van der Waals surface area contributed by atoms with Gasteiger partial charge < -0.3 is 4.90 Å². The van der Waals surface area contributed by atoms with Gasteiger partial charge in [-0.25, -0.2) is 0 Å². The SMILES string of the molecule is CN(C)C1=CC(=O)CCC1Cc1ccccc1. The summed E-state index contributed by atoms with van der Waals surface area (Å²) in [4.78, 5) is 13.5. The van der Waals surface area contributed by atoms with Crippen LogP contribution in [0.1, 0.15) is 18.4 Å². The second-order valence-electron chi connectivity index (χ2n) is 4.86. The molecule has 2 heteroatoms. The highest BCUT2D eigenvalue weighted by molar-refractivity contribution is 5.91. The first-order valence-corrected chi connectivity index (χ1v) is 6.12. The monoisotopic (exact) mass is 229 g/mol. The van der Waals surface area contributed by atoms with Crippen LogP contribution in [-0.4, -0.2) is 24.8 Å². The maximum absolute atomic E-state index is 11.5. The molecule has 0 spiro atoms. The molecule has 1 atom stereocenters. The van der Waals surface area contributed by atoms with E-state index in [9.17, 15) is 4.79 Å². The number of hydrogen-bond donors (Lipinski definition) is 0. The number of ketones is 1. The predicted octanol–water partition coefficient (Wildman–Crippen LogP) is 2.65. The minimum atomic E-state index is 0.262. The quantitative estimate of drug-likeness (QED) is 0.794. The second kappa shape index (κ2) is 5.17. The molecule has 0 saturated heterocycles. The maximum atomic E-state index is 11.5. The van der Waals surface area contributed by atoms with Gasteiger partial charge in [-0.05, 0) is 18.4 Å². The Kier molecular flexibility index (Phi) is 3.62. The molecular weight excluding hydrogens is 210 g/mol. The lowest BCUT2D eigenvalue weighted by molar-refractivity contribution is -0.115. The normalized spacial score (nSPS) is 20.0. The van der Waals surface area contributed by atoms with Gasteiger partial charge in [-0.3, -0.25) is 4.79 Å². The van der Waals surface area contributed by atoms with Gasteiger partial charge in [0.15, 0.2) is 5.78 Å². The number of nitrogens with zero attached hydrogens (tertiary/aromatic N) is 1. The second-order valence-corrected chi connectivity index (χ2v) is 4.86. The molecule has 1 unspecified atom stereocenters. The summed E-state index contributed by atoms with van der Waals surface area (Å²) in [5.74, 6) is 0.739. The van der Waals surface area contributed by atoms with Crippen molar-refractivity contribution in [1.29, 1.82) is 0 Å². The van der Waals surface area contributed by atoms with E-state index in [1.165, 1.54) is 11.3 Å². The molecule has 1 aliphatic carbocycles. The summed E-state index contributed by atoms with van der Waals surface area (Å²) in [6.45, 7) is 0. The zero-order valence-corrected chi connectivity index (χ0v) is 10.5. The van der Waals surface area contributed by atoms with Crippen molar-refractivity contribution in [3.8, 4) is 0 Å². The van der Waals surface area contributed by atoms with E-state index in [4.69, 9.17) is 0 Å². The largest absolute Gasteiger partial charge is 0.381 e. The average Bonchev–Trinajstić information content (AvgIpc) is 2.32. The Labute approximate surface area is 103 Å². The molecule has 1 aliphatic rings. The minimum absolute atomic E-state index is 0.262. The summed E-state index contributed by atoms with van der Waals surface area (Å²) < 4.78 is 0. The van der Waals surface area contributed by atoms with E-state index in [0.29, 0.717) is 12.3 Å². The Morgan fingerprint density at radius 1 is 1.24 bits per heavy atom. The Morgan fingerprint density at radius 2 is 1.94 bits per heavy atom. The fourth-order valence-corrected chi connectivity index (χ4v) is 2.42. The molecule has 0 amide bonds. The summed E-state index contributed by atoms with van der Waals surface area (Å²) in [5.41, 5.74) is 2.52. The van der Waals surface area contributed by atoms with Crippen molar-refractivity contribution in [2.45, 2.75) is 19.3 Å². The van der Waals surface area contributed by atoms with E-state index in [2.05, 4.69) is 29.2 Å². The first-order chi connectivity index (χ1) is 8.16. The van der Waals surface area contributed by atoms with Crippen molar-refractivity contribution in [3.63, 3.8) is 0 Å². The standard InChI is InChI=1S/C15H19NO/c1-16(2)15-11-14(17)9-8-13(15)10-12-6-4-3-5-7-12/h3-7,11,13H,8-10H2,1-2H3. The number of rotatable bonds is 3. The molecule has 0 saturated carbocycles. The highest BCUT2D eigenvalue weighted by atomic mass is 16.1. The van der Waals surface area contributed by atoms with Crippen LogP contribution in [0.15, 0.2) is 42.1 Å². The molecule has 0 bridgehead atoms. The van der Waals surface area contributed by atoms with Crippen LogP contribution in [0.4, 0.5) is 0 Å². The van der Waals surface area contributed by atoms with Crippen LogP contribution in [0, 0.1) is 5.92 Å². The maximum Gasteiger partial charge on any atom is 0.157 e. The van der Waals surface area contributed by atoms with Gasteiger partial charge >= 0.3 is 0 Å². The third-order valence-electron chi connectivity index (χ3n) is 3.31. The van der Waals surface area contributed by atoms with Gasteiger partial charge in [-0.1, -0.05) is 30.3 Å². The first kappa shape index (κ1) is 11.9. The molecule has 0 aromatic heterocycles. The molecule has 17 heavy (non-hydrogen) atoms. The van der Waals surface area contributed by atoms with Crippen molar-refractivity contribution < 1.29 is 4.79 Å². The van der Waals surface area contributed by atoms with E-state index < -0.39 is 0 Å². The number of carbonyl (C=O) groups is 1. The van der Waals surface area contributed by atoms with E-state index in [1.54, 1.807) is 0 Å². The number of hydrogen-bond acceptors (Lipinski definition) is 2. The fourth-order valence-electron chi connectivity index (χ4n) is 2.42.